The van der Waals surface area contributed by atoms with Gasteiger partial charge in [-0.2, -0.15) is 0 Å². The molecule has 1 aromatic carbocycles. The first kappa shape index (κ1) is 11.3. The van der Waals surface area contributed by atoms with Gasteiger partial charge in [-0.15, -0.1) is 0 Å². The van der Waals surface area contributed by atoms with Gasteiger partial charge in [-0.1, -0.05) is 18.2 Å². The standard InChI is InChI=1S/C13H10FNO2/c14-12-7-2-1-6-11(12)13(16)17-9-10-5-3-4-8-15-10/h1-8H,9H2. The average Bonchev–Trinajstić information content (AvgIpc) is 2.38. The smallest absolute Gasteiger partial charge is 0.341 e. The van der Waals surface area contributed by atoms with Crippen molar-refractivity contribution in [3.05, 3.63) is 65.7 Å². The molecule has 2 rings (SSSR count). The molecule has 0 unspecified atom stereocenters. The topological polar surface area (TPSA) is 39.2 Å². The maximum absolute atomic E-state index is 13.2. The van der Waals surface area contributed by atoms with Crippen molar-refractivity contribution in [2.45, 2.75) is 6.61 Å². The number of benzene rings is 1. The van der Waals surface area contributed by atoms with Gasteiger partial charge < -0.3 is 4.74 Å². The van der Waals surface area contributed by atoms with Gasteiger partial charge in [0.25, 0.3) is 0 Å². The van der Waals surface area contributed by atoms with Crippen molar-refractivity contribution in [1.82, 2.24) is 4.98 Å². The first-order chi connectivity index (χ1) is 8.27. The number of halogens is 1. The highest BCUT2D eigenvalue weighted by Gasteiger charge is 2.12. The summed E-state index contributed by atoms with van der Waals surface area (Å²) in [4.78, 5) is 15.5. The Bertz CT molecular complexity index is 514. The summed E-state index contributed by atoms with van der Waals surface area (Å²) in [5, 5.41) is 0. The van der Waals surface area contributed by atoms with Crippen LogP contribution in [0.5, 0.6) is 0 Å². The molecule has 0 aliphatic rings. The molecule has 0 atom stereocenters. The summed E-state index contributed by atoms with van der Waals surface area (Å²) in [5.41, 5.74) is 0.556. The molecule has 0 aliphatic carbocycles. The van der Waals surface area contributed by atoms with Crippen LogP contribution >= 0.6 is 0 Å². The summed E-state index contributed by atoms with van der Waals surface area (Å²) in [6, 6.07) is 11.0. The minimum atomic E-state index is -0.686. The number of hydrogen-bond acceptors (Lipinski definition) is 3. The molecular formula is C13H10FNO2. The Hall–Kier alpha value is -2.23. The first-order valence-corrected chi connectivity index (χ1v) is 5.09. The van der Waals surface area contributed by atoms with E-state index in [1.54, 1.807) is 30.5 Å². The number of hydrogen-bond donors (Lipinski definition) is 0. The Morgan fingerprint density at radius 1 is 1.18 bits per heavy atom. The maximum atomic E-state index is 13.2. The van der Waals surface area contributed by atoms with Crippen LogP contribution in [0.4, 0.5) is 4.39 Å². The number of nitrogens with zero attached hydrogens (tertiary/aromatic N) is 1. The van der Waals surface area contributed by atoms with Gasteiger partial charge in [0, 0.05) is 6.20 Å². The van der Waals surface area contributed by atoms with Crippen LogP contribution in [0, 0.1) is 5.82 Å². The van der Waals surface area contributed by atoms with E-state index in [0.29, 0.717) is 5.69 Å². The van der Waals surface area contributed by atoms with Gasteiger partial charge in [0.15, 0.2) is 0 Å². The van der Waals surface area contributed by atoms with E-state index in [2.05, 4.69) is 4.98 Å². The van der Waals surface area contributed by atoms with E-state index in [4.69, 9.17) is 4.74 Å². The van der Waals surface area contributed by atoms with E-state index in [0.717, 1.165) is 0 Å². The molecule has 0 radical (unpaired) electrons. The first-order valence-electron chi connectivity index (χ1n) is 5.09. The van der Waals surface area contributed by atoms with Crippen molar-refractivity contribution in [3.8, 4) is 0 Å². The van der Waals surface area contributed by atoms with E-state index in [1.165, 1.54) is 18.2 Å². The number of carbonyl (C=O) groups is 1. The molecule has 0 spiro atoms. The number of aromatic nitrogens is 1. The zero-order valence-electron chi connectivity index (χ0n) is 8.97. The molecule has 0 saturated carbocycles. The zero-order valence-corrected chi connectivity index (χ0v) is 8.97. The van der Waals surface area contributed by atoms with Gasteiger partial charge in [-0.25, -0.2) is 9.18 Å². The van der Waals surface area contributed by atoms with Gasteiger partial charge in [0.1, 0.15) is 12.4 Å². The fourth-order valence-corrected chi connectivity index (χ4v) is 1.33. The highest BCUT2D eigenvalue weighted by Crippen LogP contribution is 2.09. The highest BCUT2D eigenvalue weighted by atomic mass is 19.1. The molecule has 0 aliphatic heterocycles. The molecular weight excluding hydrogens is 221 g/mol. The van der Waals surface area contributed by atoms with Crippen molar-refractivity contribution in [1.29, 1.82) is 0 Å². The molecule has 3 nitrogen and oxygen atoms in total. The van der Waals surface area contributed by atoms with Crippen LogP contribution in [0.15, 0.2) is 48.7 Å². The third-order valence-electron chi connectivity index (χ3n) is 2.17. The van der Waals surface area contributed by atoms with Crippen molar-refractivity contribution in [3.63, 3.8) is 0 Å². The van der Waals surface area contributed by atoms with Gasteiger partial charge in [0.2, 0.25) is 0 Å². The minimum Gasteiger partial charge on any atom is -0.456 e. The number of rotatable bonds is 3. The third-order valence-corrected chi connectivity index (χ3v) is 2.17. The fraction of sp³-hybridized carbons (Fsp3) is 0.0769. The molecule has 17 heavy (non-hydrogen) atoms. The van der Waals surface area contributed by atoms with Crippen LogP contribution in [-0.2, 0) is 11.3 Å². The Labute approximate surface area is 97.9 Å². The van der Waals surface area contributed by atoms with Crippen LogP contribution in [0.3, 0.4) is 0 Å². The molecule has 86 valence electrons. The molecule has 2 aromatic rings. The highest BCUT2D eigenvalue weighted by molar-refractivity contribution is 5.89. The van der Waals surface area contributed by atoms with Crippen LogP contribution in [0.1, 0.15) is 16.1 Å². The number of carbonyl (C=O) groups excluding carboxylic acids is 1. The largest absolute Gasteiger partial charge is 0.456 e. The molecule has 0 fully saturated rings. The molecule has 0 bridgehead atoms. The number of esters is 1. The SMILES string of the molecule is O=C(OCc1ccccn1)c1ccccc1F. The molecule has 0 amide bonds. The summed E-state index contributed by atoms with van der Waals surface area (Å²) < 4.78 is 18.2. The van der Waals surface area contributed by atoms with E-state index < -0.39 is 11.8 Å². The zero-order chi connectivity index (χ0) is 12.1. The molecule has 0 saturated heterocycles. The van der Waals surface area contributed by atoms with E-state index in [1.807, 2.05) is 0 Å². The van der Waals surface area contributed by atoms with Crippen LogP contribution in [0.25, 0.3) is 0 Å². The van der Waals surface area contributed by atoms with Gasteiger partial charge in [0.05, 0.1) is 11.3 Å². The lowest BCUT2D eigenvalue weighted by Gasteiger charge is -2.04. The lowest BCUT2D eigenvalue weighted by atomic mass is 10.2. The van der Waals surface area contributed by atoms with E-state index in [9.17, 15) is 9.18 Å². The summed E-state index contributed by atoms with van der Waals surface area (Å²) in [5.74, 6) is -1.27. The maximum Gasteiger partial charge on any atom is 0.341 e. The second-order valence-corrected chi connectivity index (χ2v) is 3.38. The van der Waals surface area contributed by atoms with Crippen molar-refractivity contribution < 1.29 is 13.9 Å². The number of pyridine rings is 1. The Morgan fingerprint density at radius 3 is 2.65 bits per heavy atom. The summed E-state index contributed by atoms with van der Waals surface area (Å²) in [7, 11) is 0. The predicted molar refractivity (Wildman–Crippen MR) is 59.8 cm³/mol. The fourth-order valence-electron chi connectivity index (χ4n) is 1.33. The quantitative estimate of drug-likeness (QED) is 0.762. The minimum absolute atomic E-state index is 0.0357. The second-order valence-electron chi connectivity index (χ2n) is 3.38. The van der Waals surface area contributed by atoms with Gasteiger partial charge in [-0.3, -0.25) is 4.98 Å². The van der Waals surface area contributed by atoms with Crippen LogP contribution < -0.4 is 0 Å². The molecule has 4 heteroatoms. The van der Waals surface area contributed by atoms with Crippen molar-refractivity contribution in [2.24, 2.45) is 0 Å². The lowest BCUT2D eigenvalue weighted by molar-refractivity contribution is 0.0462. The summed E-state index contributed by atoms with van der Waals surface area (Å²) in [6.07, 6.45) is 1.60. The van der Waals surface area contributed by atoms with Crippen molar-refractivity contribution in [2.75, 3.05) is 0 Å². The average molecular weight is 231 g/mol. The van der Waals surface area contributed by atoms with Crippen molar-refractivity contribution >= 4 is 5.97 Å². The molecule has 0 N–H and O–H groups in total. The lowest BCUT2D eigenvalue weighted by Crippen LogP contribution is -2.07. The van der Waals surface area contributed by atoms with Crippen LogP contribution in [-0.4, -0.2) is 11.0 Å². The van der Waals surface area contributed by atoms with E-state index in [-0.39, 0.29) is 12.2 Å². The second kappa shape index (κ2) is 5.21. The van der Waals surface area contributed by atoms with Crippen LogP contribution in [0.2, 0.25) is 0 Å². The Morgan fingerprint density at radius 2 is 1.94 bits per heavy atom. The molecule has 1 heterocycles. The summed E-state index contributed by atoms with van der Waals surface area (Å²) >= 11 is 0. The normalized spacial score (nSPS) is 9.94. The van der Waals surface area contributed by atoms with E-state index >= 15 is 0 Å². The predicted octanol–water partition coefficient (Wildman–Crippen LogP) is 2.58. The Kier molecular flexibility index (Phi) is 3.45. The summed E-state index contributed by atoms with van der Waals surface area (Å²) in [6.45, 7) is 0.0357. The molecule has 1 aromatic heterocycles. The Balaban J connectivity index is 2.01. The number of ether oxygens (including phenoxy) is 1. The van der Waals surface area contributed by atoms with Gasteiger partial charge in [-0.05, 0) is 24.3 Å². The van der Waals surface area contributed by atoms with Gasteiger partial charge >= 0.3 is 5.97 Å². The third kappa shape index (κ3) is 2.87. The monoisotopic (exact) mass is 231 g/mol.